The molecule has 2 saturated carbocycles. The van der Waals surface area contributed by atoms with Crippen LogP contribution in [0.25, 0.3) is 11.3 Å². The van der Waals surface area contributed by atoms with Gasteiger partial charge in [0.15, 0.2) is 0 Å². The molecular weight excluding hydrogens is 534 g/mol. The van der Waals surface area contributed by atoms with E-state index in [4.69, 9.17) is 4.74 Å². The maximum Gasteiger partial charge on any atom is 0.264 e. The van der Waals surface area contributed by atoms with Crippen molar-refractivity contribution in [2.24, 2.45) is 29.1 Å². The van der Waals surface area contributed by atoms with Gasteiger partial charge in [0.1, 0.15) is 0 Å². The lowest BCUT2D eigenvalue weighted by Crippen LogP contribution is -2.51. The van der Waals surface area contributed by atoms with Crippen molar-refractivity contribution in [3.05, 3.63) is 65.2 Å². The van der Waals surface area contributed by atoms with E-state index in [0.717, 1.165) is 54.4 Å². The van der Waals surface area contributed by atoms with Gasteiger partial charge in [-0.2, -0.15) is 4.98 Å². The molecule has 6 rings (SSSR count). The summed E-state index contributed by atoms with van der Waals surface area (Å²) in [6.07, 6.45) is 5.39. The summed E-state index contributed by atoms with van der Waals surface area (Å²) in [5.41, 5.74) is 5.09. The molecule has 2 heterocycles. The number of hydrogen-bond acceptors (Lipinski definition) is 6. The number of anilines is 1. The Kier molecular flexibility index (Phi) is 7.35. The van der Waals surface area contributed by atoms with E-state index in [-0.39, 0.29) is 29.3 Å². The van der Waals surface area contributed by atoms with E-state index < -0.39 is 10.0 Å². The van der Waals surface area contributed by atoms with Crippen LogP contribution < -0.4 is 9.46 Å². The Hall–Kier alpha value is -2.97. The van der Waals surface area contributed by atoms with Crippen LogP contribution in [0.2, 0.25) is 0 Å². The number of hydrogen-bond donors (Lipinski definition) is 2. The lowest BCUT2D eigenvalue weighted by Gasteiger charge is -2.60. The predicted octanol–water partition coefficient (Wildman–Crippen LogP) is 6.50. The molecule has 2 N–H and O–H groups in total. The Morgan fingerprint density at radius 3 is 2.41 bits per heavy atom. The van der Waals surface area contributed by atoms with Crippen LogP contribution in [-0.2, 0) is 10.0 Å². The topological polar surface area (TPSA) is 101 Å². The first kappa shape index (κ1) is 28.2. The second-order valence-corrected chi connectivity index (χ2v) is 14.9. The van der Waals surface area contributed by atoms with Crippen molar-refractivity contribution in [1.29, 1.82) is 0 Å². The summed E-state index contributed by atoms with van der Waals surface area (Å²) in [5.74, 6) is 2.08. The Morgan fingerprint density at radius 2 is 1.73 bits per heavy atom. The molecule has 2 fully saturated rings. The van der Waals surface area contributed by atoms with E-state index in [1.54, 1.807) is 6.07 Å². The largest absolute Gasteiger partial charge is 0.477 e. The summed E-state index contributed by atoms with van der Waals surface area (Å²) in [5, 5.41) is 9.60. The van der Waals surface area contributed by atoms with Crippen molar-refractivity contribution in [3.8, 4) is 17.1 Å². The molecule has 1 spiro atoms. The monoisotopic (exact) mass is 575 g/mol. The number of nitrogens with one attached hydrogen (secondary N) is 1. The van der Waals surface area contributed by atoms with Crippen LogP contribution in [0.5, 0.6) is 5.88 Å². The highest BCUT2D eigenvalue weighted by Gasteiger charge is 2.55. The van der Waals surface area contributed by atoms with Gasteiger partial charge in [0.05, 0.1) is 17.2 Å². The van der Waals surface area contributed by atoms with Gasteiger partial charge in [-0.15, -0.1) is 0 Å². The van der Waals surface area contributed by atoms with Crippen LogP contribution in [0.3, 0.4) is 0 Å². The van der Waals surface area contributed by atoms with Gasteiger partial charge in [-0.05, 0) is 104 Å². The lowest BCUT2D eigenvalue weighted by molar-refractivity contribution is -0.0978. The number of aromatic nitrogens is 2. The molecule has 1 aliphatic heterocycles. The first-order valence-electron chi connectivity index (χ1n) is 14.9. The standard InChI is InChI=1S/C33H41N3O4S/c1-20(2)11-25-19-40-29-13-28(30-21(3)7-5-8-22(30)4)34-32(35-29)36-41(38,39)27-10-6-9-24(12-27)31(25)26-16-33(17-26)14-23(15-33)18-37/h5-10,12-13,20,23,25-26,31,37H,11,14-19H2,1-4H3,(H,34,35,36)/t23-,25-,26-,31?,33?/m1/s1. The Balaban J connectivity index is 1.42. The van der Waals surface area contributed by atoms with Crippen molar-refractivity contribution in [3.63, 3.8) is 0 Å². The number of aryl methyl sites for hydroxylation is 2. The zero-order valence-corrected chi connectivity index (χ0v) is 25.2. The number of sulfonamides is 1. The molecule has 0 radical (unpaired) electrons. The number of rotatable bonds is 5. The van der Waals surface area contributed by atoms with Gasteiger partial charge in [0.25, 0.3) is 10.0 Å². The maximum atomic E-state index is 13.7. The average molecular weight is 576 g/mol. The second-order valence-electron chi connectivity index (χ2n) is 13.2. The van der Waals surface area contributed by atoms with Crippen molar-refractivity contribution in [1.82, 2.24) is 9.97 Å². The number of ether oxygens (including phenoxy) is 1. The Labute approximate surface area is 243 Å². The summed E-state index contributed by atoms with van der Waals surface area (Å²) in [6, 6.07) is 15.3. The van der Waals surface area contributed by atoms with Gasteiger partial charge in [-0.1, -0.05) is 44.2 Å². The fourth-order valence-corrected chi connectivity index (χ4v) is 8.94. The molecule has 1 unspecified atom stereocenters. The fourth-order valence-electron chi connectivity index (χ4n) is 7.94. The molecule has 0 amide bonds. The van der Waals surface area contributed by atoms with Gasteiger partial charge in [0.2, 0.25) is 11.8 Å². The van der Waals surface area contributed by atoms with Crippen molar-refractivity contribution in [2.75, 3.05) is 17.9 Å². The first-order valence-corrected chi connectivity index (χ1v) is 16.4. The van der Waals surface area contributed by atoms with E-state index in [1.807, 2.05) is 50.2 Å². The normalized spacial score (nSPS) is 28.4. The minimum Gasteiger partial charge on any atom is -0.477 e. The summed E-state index contributed by atoms with van der Waals surface area (Å²) in [4.78, 5) is 9.39. The highest BCUT2D eigenvalue weighted by Crippen LogP contribution is 2.65. The van der Waals surface area contributed by atoms with Gasteiger partial charge in [0, 0.05) is 24.2 Å². The predicted molar refractivity (Wildman–Crippen MR) is 160 cm³/mol. The number of aliphatic hydroxyl groups is 1. The van der Waals surface area contributed by atoms with Crippen molar-refractivity contribution in [2.45, 2.75) is 70.6 Å². The lowest BCUT2D eigenvalue weighted by atomic mass is 9.45. The molecule has 0 saturated heterocycles. The van der Waals surface area contributed by atoms with E-state index in [2.05, 4.69) is 34.6 Å². The minimum absolute atomic E-state index is 0.00689. The van der Waals surface area contributed by atoms with Crippen LogP contribution in [-0.4, -0.2) is 36.7 Å². The molecule has 4 bridgehead atoms. The maximum absolute atomic E-state index is 13.7. The molecule has 218 valence electrons. The highest BCUT2D eigenvalue weighted by atomic mass is 32.2. The van der Waals surface area contributed by atoms with Crippen molar-refractivity contribution < 1.29 is 18.3 Å². The molecule has 41 heavy (non-hydrogen) atoms. The number of fused-ring (bicyclic) bond motifs is 4. The quantitative estimate of drug-likeness (QED) is 0.360. The van der Waals surface area contributed by atoms with Crippen LogP contribution in [0, 0.1) is 42.9 Å². The third-order valence-electron chi connectivity index (χ3n) is 9.55. The smallest absolute Gasteiger partial charge is 0.264 e. The third-order valence-corrected chi connectivity index (χ3v) is 10.9. The highest BCUT2D eigenvalue weighted by molar-refractivity contribution is 7.92. The molecule has 2 atom stereocenters. The van der Waals surface area contributed by atoms with Crippen LogP contribution >= 0.6 is 0 Å². The molecule has 8 heteroatoms. The molecule has 7 nitrogen and oxygen atoms in total. The molecule has 2 aliphatic carbocycles. The van der Waals surface area contributed by atoms with E-state index >= 15 is 0 Å². The van der Waals surface area contributed by atoms with Crippen LogP contribution in [0.1, 0.15) is 68.6 Å². The summed E-state index contributed by atoms with van der Waals surface area (Å²) < 4.78 is 36.4. The zero-order valence-electron chi connectivity index (χ0n) is 24.4. The summed E-state index contributed by atoms with van der Waals surface area (Å²) in [7, 11) is -3.93. The van der Waals surface area contributed by atoms with Crippen molar-refractivity contribution >= 4 is 16.0 Å². The van der Waals surface area contributed by atoms with E-state index in [9.17, 15) is 13.5 Å². The van der Waals surface area contributed by atoms with Gasteiger partial charge < -0.3 is 9.84 Å². The second kappa shape index (κ2) is 10.7. The summed E-state index contributed by atoms with van der Waals surface area (Å²) >= 11 is 0. The SMILES string of the molecule is Cc1cccc(C)c1-c1cc2nc(n1)NS(=O)(=O)c1cccc(c1)C([C@H]1CC3(C[C@H](CO)C3)C1)[C@H](CC(C)C)CO2. The third kappa shape index (κ3) is 5.48. The fraction of sp³-hybridized carbons (Fsp3) is 0.515. The van der Waals surface area contributed by atoms with Crippen LogP contribution in [0.4, 0.5) is 5.95 Å². The molecule has 3 aromatic rings. The number of nitrogens with zero attached hydrogens (tertiary/aromatic N) is 2. The van der Waals surface area contributed by atoms with E-state index in [1.165, 1.54) is 0 Å². The molecule has 1 aromatic heterocycles. The Bertz CT molecular complexity index is 1520. The minimum atomic E-state index is -3.93. The van der Waals surface area contributed by atoms with Gasteiger partial charge in [-0.3, -0.25) is 0 Å². The zero-order chi connectivity index (χ0) is 28.9. The summed E-state index contributed by atoms with van der Waals surface area (Å²) in [6.45, 7) is 9.29. The van der Waals surface area contributed by atoms with Gasteiger partial charge in [-0.25, -0.2) is 18.1 Å². The number of aliphatic hydroxyl groups excluding tert-OH is 1. The average Bonchev–Trinajstić information content (AvgIpc) is 2.86. The van der Waals surface area contributed by atoms with Crippen LogP contribution in [0.15, 0.2) is 53.4 Å². The number of benzene rings is 2. The molecule has 3 aliphatic rings. The molecular formula is C33H41N3O4S. The van der Waals surface area contributed by atoms with E-state index in [0.29, 0.717) is 41.3 Å². The molecule has 2 aromatic carbocycles. The first-order chi connectivity index (χ1) is 19.6. The Morgan fingerprint density at radius 1 is 1.02 bits per heavy atom. The van der Waals surface area contributed by atoms with Gasteiger partial charge >= 0.3 is 0 Å².